The number of hydrogen-bond donors (Lipinski definition) is 1. The maximum Gasteiger partial charge on any atom is 0.207 e. The van der Waals surface area contributed by atoms with Crippen molar-refractivity contribution in [2.24, 2.45) is 0 Å². The number of amides is 1. The lowest BCUT2D eigenvalue weighted by atomic mass is 10.0. The van der Waals surface area contributed by atoms with Crippen LogP contribution in [0.2, 0.25) is 0 Å². The predicted octanol–water partition coefficient (Wildman–Crippen LogP) is 3.70. The van der Waals surface area contributed by atoms with Crippen LogP contribution in [0.15, 0.2) is 55.4 Å². The Morgan fingerprint density at radius 2 is 1.93 bits per heavy atom. The highest BCUT2D eigenvalue weighted by molar-refractivity contribution is 5.93. The van der Waals surface area contributed by atoms with Gasteiger partial charge in [0, 0.05) is 25.2 Å². The zero-order chi connectivity index (χ0) is 19.9. The topological polar surface area (TPSA) is 58.1 Å². The fraction of sp³-hybridized carbons (Fsp3) is 0.190. The van der Waals surface area contributed by atoms with Crippen LogP contribution in [0.4, 0.5) is 14.6 Å². The van der Waals surface area contributed by atoms with Crippen molar-refractivity contribution in [1.29, 1.82) is 0 Å². The number of carbonyl (C=O) groups is 1. The average molecular weight is 382 g/mol. The molecule has 7 heteroatoms. The molecule has 2 aromatic carbocycles. The minimum Gasteiger partial charge on any atom is -0.357 e. The zero-order valence-electron chi connectivity index (χ0n) is 15.2. The molecule has 0 saturated heterocycles. The third kappa shape index (κ3) is 4.14. The zero-order valence-corrected chi connectivity index (χ0v) is 15.2. The van der Waals surface area contributed by atoms with Crippen molar-refractivity contribution in [1.82, 2.24) is 15.3 Å². The van der Waals surface area contributed by atoms with E-state index in [9.17, 15) is 9.18 Å². The van der Waals surface area contributed by atoms with E-state index in [0.717, 1.165) is 0 Å². The first-order chi connectivity index (χ1) is 13.7. The number of anilines is 1. The van der Waals surface area contributed by atoms with Crippen LogP contribution in [0.1, 0.15) is 6.42 Å². The van der Waals surface area contributed by atoms with Crippen molar-refractivity contribution in [2.75, 3.05) is 24.5 Å². The molecule has 3 aromatic rings. The van der Waals surface area contributed by atoms with Crippen LogP contribution in [-0.4, -0.2) is 36.0 Å². The Bertz CT molecular complexity index is 993. The summed E-state index contributed by atoms with van der Waals surface area (Å²) in [4.78, 5) is 20.9. The molecule has 144 valence electrons. The van der Waals surface area contributed by atoms with Crippen LogP contribution in [0.5, 0.6) is 0 Å². The summed E-state index contributed by atoms with van der Waals surface area (Å²) in [5, 5.41) is 2.86. The molecule has 0 atom stereocenters. The standard InChI is InChI=1S/C21H20F2N4O/c1-2-3-9-27(10-8-24-14-28)21-20-18(23)11-15(12-19(20)25-13-26-21)16-6-4-5-7-17(16)22/h2,4-7,11-14H,1,3,8-10H2,(H,24,28). The monoisotopic (exact) mass is 382 g/mol. The van der Waals surface area contributed by atoms with Gasteiger partial charge in [-0.2, -0.15) is 0 Å². The van der Waals surface area contributed by atoms with E-state index in [1.165, 1.54) is 18.5 Å². The van der Waals surface area contributed by atoms with E-state index in [1.807, 2.05) is 4.90 Å². The van der Waals surface area contributed by atoms with E-state index in [0.29, 0.717) is 54.9 Å². The lowest BCUT2D eigenvalue weighted by Crippen LogP contribution is -2.33. The summed E-state index contributed by atoms with van der Waals surface area (Å²) >= 11 is 0. The summed E-state index contributed by atoms with van der Waals surface area (Å²) < 4.78 is 29.2. The third-order valence-corrected chi connectivity index (χ3v) is 4.37. The minimum atomic E-state index is -0.529. The predicted molar refractivity (Wildman–Crippen MR) is 106 cm³/mol. The lowest BCUT2D eigenvalue weighted by molar-refractivity contribution is -0.109. The summed E-state index contributed by atoms with van der Waals surface area (Å²) in [5.74, 6) is -0.529. The molecule has 0 saturated carbocycles. The number of carbonyl (C=O) groups excluding carboxylic acids is 1. The Labute approximate surface area is 161 Å². The molecule has 0 aliphatic heterocycles. The summed E-state index contributed by atoms with van der Waals surface area (Å²) in [6.07, 6.45) is 4.40. The highest BCUT2D eigenvalue weighted by Crippen LogP contribution is 2.31. The second-order valence-corrected chi connectivity index (χ2v) is 6.17. The van der Waals surface area contributed by atoms with Crippen LogP contribution in [0.3, 0.4) is 0 Å². The van der Waals surface area contributed by atoms with Crippen molar-refractivity contribution < 1.29 is 13.6 Å². The highest BCUT2D eigenvalue weighted by atomic mass is 19.1. The van der Waals surface area contributed by atoms with Gasteiger partial charge in [0.1, 0.15) is 23.8 Å². The molecule has 1 amide bonds. The number of fused-ring (bicyclic) bond motifs is 1. The summed E-state index contributed by atoms with van der Waals surface area (Å²) in [6, 6.07) is 9.16. The molecule has 1 aromatic heterocycles. The van der Waals surface area contributed by atoms with Crippen LogP contribution in [0.25, 0.3) is 22.0 Å². The van der Waals surface area contributed by atoms with Gasteiger partial charge in [-0.05, 0) is 30.2 Å². The van der Waals surface area contributed by atoms with Gasteiger partial charge in [-0.3, -0.25) is 4.79 Å². The van der Waals surface area contributed by atoms with Crippen LogP contribution >= 0.6 is 0 Å². The highest BCUT2D eigenvalue weighted by Gasteiger charge is 2.17. The van der Waals surface area contributed by atoms with Gasteiger partial charge in [0.2, 0.25) is 6.41 Å². The number of aromatic nitrogens is 2. The third-order valence-electron chi connectivity index (χ3n) is 4.37. The van der Waals surface area contributed by atoms with Crippen molar-refractivity contribution in [3.63, 3.8) is 0 Å². The van der Waals surface area contributed by atoms with Gasteiger partial charge >= 0.3 is 0 Å². The SMILES string of the molecule is C=CCCN(CCNC=O)c1ncnc2cc(-c3ccccc3F)cc(F)c12. The summed E-state index contributed by atoms with van der Waals surface area (Å²) in [6.45, 7) is 5.12. The van der Waals surface area contributed by atoms with Crippen molar-refractivity contribution in [3.8, 4) is 11.1 Å². The summed E-state index contributed by atoms with van der Waals surface area (Å²) in [5.41, 5.74) is 1.10. The fourth-order valence-electron chi connectivity index (χ4n) is 3.05. The molecular formula is C21H20F2N4O. The molecule has 0 bridgehead atoms. The maximum atomic E-state index is 15.1. The normalized spacial score (nSPS) is 10.6. The number of benzene rings is 2. The molecule has 0 aliphatic carbocycles. The Kier molecular flexibility index (Phi) is 6.26. The maximum absolute atomic E-state index is 15.1. The Morgan fingerprint density at radius 3 is 2.68 bits per heavy atom. The van der Waals surface area contributed by atoms with Crippen LogP contribution < -0.4 is 10.2 Å². The molecule has 1 N–H and O–H groups in total. The molecule has 1 heterocycles. The average Bonchev–Trinajstić information content (AvgIpc) is 2.70. The van der Waals surface area contributed by atoms with E-state index < -0.39 is 11.6 Å². The number of hydrogen-bond acceptors (Lipinski definition) is 4. The van der Waals surface area contributed by atoms with E-state index in [4.69, 9.17) is 0 Å². The Hall–Kier alpha value is -3.35. The first kappa shape index (κ1) is 19.4. The number of rotatable bonds is 9. The van der Waals surface area contributed by atoms with Crippen LogP contribution in [0, 0.1) is 11.6 Å². The molecule has 0 radical (unpaired) electrons. The van der Waals surface area contributed by atoms with Crippen molar-refractivity contribution in [3.05, 3.63) is 67.0 Å². The Morgan fingerprint density at radius 1 is 1.11 bits per heavy atom. The molecule has 0 aliphatic rings. The molecule has 0 spiro atoms. The molecule has 3 rings (SSSR count). The Balaban J connectivity index is 2.07. The van der Waals surface area contributed by atoms with Gasteiger partial charge in [-0.25, -0.2) is 18.7 Å². The quantitative estimate of drug-likeness (QED) is 0.348. The van der Waals surface area contributed by atoms with Gasteiger partial charge in [-0.15, -0.1) is 6.58 Å². The van der Waals surface area contributed by atoms with E-state index >= 15 is 4.39 Å². The van der Waals surface area contributed by atoms with Crippen molar-refractivity contribution in [2.45, 2.75) is 6.42 Å². The number of halogens is 2. The second-order valence-electron chi connectivity index (χ2n) is 6.17. The van der Waals surface area contributed by atoms with Gasteiger partial charge in [0.05, 0.1) is 10.9 Å². The molecule has 0 unspecified atom stereocenters. The fourth-order valence-corrected chi connectivity index (χ4v) is 3.05. The smallest absolute Gasteiger partial charge is 0.207 e. The van der Waals surface area contributed by atoms with E-state index in [1.54, 1.807) is 30.3 Å². The van der Waals surface area contributed by atoms with Crippen LogP contribution in [-0.2, 0) is 4.79 Å². The summed E-state index contributed by atoms with van der Waals surface area (Å²) in [7, 11) is 0. The first-order valence-corrected chi connectivity index (χ1v) is 8.87. The number of nitrogens with one attached hydrogen (secondary N) is 1. The second kappa shape index (κ2) is 9.03. The van der Waals surface area contributed by atoms with Gasteiger partial charge in [0.15, 0.2) is 0 Å². The van der Waals surface area contributed by atoms with E-state index in [-0.39, 0.29) is 5.39 Å². The van der Waals surface area contributed by atoms with E-state index in [2.05, 4.69) is 21.9 Å². The number of nitrogens with zero attached hydrogens (tertiary/aromatic N) is 3. The first-order valence-electron chi connectivity index (χ1n) is 8.87. The molecule has 0 fully saturated rings. The molecular weight excluding hydrogens is 362 g/mol. The molecule has 28 heavy (non-hydrogen) atoms. The molecule has 5 nitrogen and oxygen atoms in total. The van der Waals surface area contributed by atoms with Gasteiger partial charge in [0.25, 0.3) is 0 Å². The van der Waals surface area contributed by atoms with Crippen molar-refractivity contribution >= 4 is 23.1 Å². The minimum absolute atomic E-state index is 0.262. The van der Waals surface area contributed by atoms with Gasteiger partial charge < -0.3 is 10.2 Å². The van der Waals surface area contributed by atoms with Gasteiger partial charge in [-0.1, -0.05) is 24.3 Å². The largest absolute Gasteiger partial charge is 0.357 e. The lowest BCUT2D eigenvalue weighted by Gasteiger charge is -2.24.